The number of benzene rings is 1. The van der Waals surface area contributed by atoms with Gasteiger partial charge in [0.2, 0.25) is 0 Å². The Morgan fingerprint density at radius 3 is 2.61 bits per heavy atom. The smallest absolute Gasteiger partial charge is 0.355 e. The maximum Gasteiger partial charge on any atom is 0.355 e. The summed E-state index contributed by atoms with van der Waals surface area (Å²) in [6, 6.07) is 7.47. The minimum atomic E-state index is -0.554. The van der Waals surface area contributed by atoms with Gasteiger partial charge in [-0.25, -0.2) is 4.79 Å². The number of ether oxygens (including phenoxy) is 1. The molecular weight excluding hydrogens is 230 g/mol. The molecule has 0 radical (unpaired) electrons. The van der Waals surface area contributed by atoms with E-state index in [1.54, 1.807) is 0 Å². The monoisotopic (exact) mass is 247 g/mol. The van der Waals surface area contributed by atoms with Crippen LogP contribution >= 0.6 is 0 Å². The van der Waals surface area contributed by atoms with Crippen LogP contribution in [0, 0.1) is 0 Å². The molecule has 2 N–H and O–H groups in total. The van der Waals surface area contributed by atoms with Crippen molar-refractivity contribution in [3.05, 3.63) is 35.5 Å². The Hall–Kier alpha value is -1.81. The summed E-state index contributed by atoms with van der Waals surface area (Å²) in [6.45, 7) is 5.24. The fourth-order valence-corrected chi connectivity index (χ4v) is 1.87. The lowest BCUT2D eigenvalue weighted by Crippen LogP contribution is -2.24. The van der Waals surface area contributed by atoms with Crippen LogP contribution in [-0.2, 0) is 11.3 Å². The van der Waals surface area contributed by atoms with Crippen LogP contribution in [0.4, 0.5) is 0 Å². The maximum absolute atomic E-state index is 12.0. The maximum atomic E-state index is 12.0. The second kappa shape index (κ2) is 4.46. The summed E-state index contributed by atoms with van der Waals surface area (Å²) in [5.74, 6) is -0.442. The van der Waals surface area contributed by atoms with E-state index in [4.69, 9.17) is 4.74 Å². The van der Waals surface area contributed by atoms with Crippen LogP contribution < -0.4 is 0 Å². The molecule has 1 aromatic heterocycles. The van der Waals surface area contributed by atoms with Gasteiger partial charge in [-0.05, 0) is 26.8 Å². The third-order valence-corrected chi connectivity index (χ3v) is 2.57. The van der Waals surface area contributed by atoms with Crippen molar-refractivity contribution in [3.8, 4) is 0 Å². The van der Waals surface area contributed by atoms with E-state index in [2.05, 4.69) is 4.98 Å². The highest BCUT2D eigenvalue weighted by Gasteiger charge is 2.23. The van der Waals surface area contributed by atoms with Crippen molar-refractivity contribution in [2.45, 2.75) is 33.0 Å². The molecule has 0 bridgehead atoms. The number of esters is 1. The number of para-hydroxylation sites is 1. The second-order valence-electron chi connectivity index (χ2n) is 5.18. The average Bonchev–Trinajstić information content (AvgIpc) is 2.65. The molecule has 96 valence electrons. The third kappa shape index (κ3) is 2.38. The molecule has 2 aromatic rings. The number of aromatic nitrogens is 1. The Morgan fingerprint density at radius 2 is 2.00 bits per heavy atom. The molecule has 0 unspecified atom stereocenters. The van der Waals surface area contributed by atoms with Crippen molar-refractivity contribution in [1.82, 2.24) is 4.98 Å². The van der Waals surface area contributed by atoms with Crippen molar-refractivity contribution >= 4 is 16.9 Å². The highest BCUT2D eigenvalue weighted by atomic mass is 16.6. The molecule has 4 nitrogen and oxygen atoms in total. The Kier molecular flexibility index (Phi) is 3.13. The topological polar surface area (TPSA) is 62.3 Å². The largest absolute Gasteiger partial charge is 0.455 e. The van der Waals surface area contributed by atoms with Crippen molar-refractivity contribution in [2.24, 2.45) is 0 Å². The lowest BCUT2D eigenvalue weighted by molar-refractivity contribution is 0.00609. The van der Waals surface area contributed by atoms with Gasteiger partial charge in [0.15, 0.2) is 0 Å². The standard InChI is InChI=1S/C14H17NO3/c1-14(2,3)18-13(17)12-10(8-16)9-6-4-5-7-11(9)15-12/h4-7,15-16H,8H2,1-3H3. The van der Waals surface area contributed by atoms with Gasteiger partial charge in [-0.2, -0.15) is 0 Å². The summed E-state index contributed by atoms with van der Waals surface area (Å²) in [6.07, 6.45) is 0. The Bertz CT molecular complexity index is 578. The number of rotatable bonds is 2. The number of nitrogens with one attached hydrogen (secondary N) is 1. The molecular formula is C14H17NO3. The van der Waals surface area contributed by atoms with Crippen LogP contribution in [-0.4, -0.2) is 21.7 Å². The van der Waals surface area contributed by atoms with Crippen LogP contribution in [0.15, 0.2) is 24.3 Å². The van der Waals surface area contributed by atoms with E-state index in [1.807, 2.05) is 45.0 Å². The van der Waals surface area contributed by atoms with Crippen molar-refractivity contribution < 1.29 is 14.6 Å². The zero-order chi connectivity index (χ0) is 13.3. The lowest BCUT2D eigenvalue weighted by Gasteiger charge is -2.19. The first-order chi connectivity index (χ1) is 8.42. The molecule has 0 atom stereocenters. The van der Waals surface area contributed by atoms with Crippen LogP contribution in [0.1, 0.15) is 36.8 Å². The molecule has 0 saturated heterocycles. The zero-order valence-corrected chi connectivity index (χ0v) is 10.8. The summed E-state index contributed by atoms with van der Waals surface area (Å²) in [7, 11) is 0. The predicted octanol–water partition coefficient (Wildman–Crippen LogP) is 2.62. The van der Waals surface area contributed by atoms with E-state index in [1.165, 1.54) is 0 Å². The molecule has 0 spiro atoms. The van der Waals surface area contributed by atoms with Gasteiger partial charge in [-0.1, -0.05) is 18.2 Å². The summed E-state index contributed by atoms with van der Waals surface area (Å²) < 4.78 is 5.31. The Morgan fingerprint density at radius 1 is 1.33 bits per heavy atom. The lowest BCUT2D eigenvalue weighted by atomic mass is 10.1. The van der Waals surface area contributed by atoms with Crippen molar-refractivity contribution in [2.75, 3.05) is 0 Å². The Balaban J connectivity index is 2.47. The molecule has 0 fully saturated rings. The van der Waals surface area contributed by atoms with Crippen molar-refractivity contribution in [1.29, 1.82) is 0 Å². The number of aliphatic hydroxyl groups is 1. The number of aliphatic hydroxyl groups excluding tert-OH is 1. The van der Waals surface area contributed by atoms with E-state index in [0.29, 0.717) is 11.3 Å². The zero-order valence-electron chi connectivity index (χ0n) is 10.8. The normalized spacial score (nSPS) is 11.8. The minimum Gasteiger partial charge on any atom is -0.455 e. The molecule has 0 aliphatic rings. The summed E-state index contributed by atoms with van der Waals surface area (Å²) in [4.78, 5) is 15.0. The van der Waals surface area contributed by atoms with Gasteiger partial charge in [0.05, 0.1) is 6.61 Å². The quantitative estimate of drug-likeness (QED) is 0.802. The number of hydrogen-bond donors (Lipinski definition) is 2. The minimum absolute atomic E-state index is 0.196. The number of H-pyrrole nitrogens is 1. The first-order valence-corrected chi connectivity index (χ1v) is 5.86. The SMILES string of the molecule is CC(C)(C)OC(=O)c1[nH]c2ccccc2c1CO. The van der Waals surface area contributed by atoms with Gasteiger partial charge < -0.3 is 14.8 Å². The van der Waals surface area contributed by atoms with E-state index >= 15 is 0 Å². The van der Waals surface area contributed by atoms with E-state index < -0.39 is 11.6 Å². The van der Waals surface area contributed by atoms with E-state index in [0.717, 1.165) is 10.9 Å². The molecule has 2 rings (SSSR count). The highest BCUT2D eigenvalue weighted by molar-refractivity contribution is 5.98. The van der Waals surface area contributed by atoms with Gasteiger partial charge in [0.1, 0.15) is 11.3 Å². The number of carbonyl (C=O) groups is 1. The van der Waals surface area contributed by atoms with Crippen molar-refractivity contribution in [3.63, 3.8) is 0 Å². The van der Waals surface area contributed by atoms with Crippen LogP contribution in [0.2, 0.25) is 0 Å². The molecule has 1 heterocycles. The molecule has 0 aliphatic heterocycles. The summed E-state index contributed by atoms with van der Waals surface area (Å²) >= 11 is 0. The number of carbonyl (C=O) groups excluding carboxylic acids is 1. The van der Waals surface area contributed by atoms with Gasteiger partial charge in [-0.3, -0.25) is 0 Å². The fourth-order valence-electron chi connectivity index (χ4n) is 1.87. The molecule has 0 saturated carbocycles. The summed E-state index contributed by atoms with van der Waals surface area (Å²) in [5, 5.41) is 10.3. The van der Waals surface area contributed by atoms with Gasteiger partial charge in [-0.15, -0.1) is 0 Å². The molecule has 0 amide bonds. The second-order valence-corrected chi connectivity index (χ2v) is 5.18. The van der Waals surface area contributed by atoms with Crippen LogP contribution in [0.3, 0.4) is 0 Å². The highest BCUT2D eigenvalue weighted by Crippen LogP contribution is 2.24. The number of hydrogen-bond acceptors (Lipinski definition) is 3. The average molecular weight is 247 g/mol. The first kappa shape index (κ1) is 12.6. The van der Waals surface area contributed by atoms with E-state index in [-0.39, 0.29) is 6.61 Å². The molecule has 0 aliphatic carbocycles. The summed E-state index contributed by atoms with van der Waals surface area (Å²) in [5.41, 5.74) is 1.18. The number of fused-ring (bicyclic) bond motifs is 1. The Labute approximate surface area is 106 Å². The third-order valence-electron chi connectivity index (χ3n) is 2.57. The molecule has 1 aromatic carbocycles. The predicted molar refractivity (Wildman–Crippen MR) is 69.4 cm³/mol. The number of aromatic amines is 1. The fraction of sp³-hybridized carbons (Fsp3) is 0.357. The first-order valence-electron chi connectivity index (χ1n) is 5.86. The van der Waals surface area contributed by atoms with Gasteiger partial charge >= 0.3 is 5.97 Å². The van der Waals surface area contributed by atoms with Gasteiger partial charge in [0, 0.05) is 16.5 Å². The molecule has 4 heteroatoms. The van der Waals surface area contributed by atoms with Crippen LogP contribution in [0.5, 0.6) is 0 Å². The van der Waals surface area contributed by atoms with Crippen LogP contribution in [0.25, 0.3) is 10.9 Å². The van der Waals surface area contributed by atoms with Gasteiger partial charge in [0.25, 0.3) is 0 Å². The molecule has 18 heavy (non-hydrogen) atoms. The van der Waals surface area contributed by atoms with E-state index in [9.17, 15) is 9.90 Å².